The molecule has 0 bridgehead atoms. The topological polar surface area (TPSA) is 42.0 Å². The quantitative estimate of drug-likeness (QED) is 0.872. The van der Waals surface area contributed by atoms with E-state index in [2.05, 4.69) is 42.2 Å². The third kappa shape index (κ3) is 2.66. The van der Waals surface area contributed by atoms with E-state index in [1.54, 1.807) is 12.3 Å². The first-order chi connectivity index (χ1) is 7.16. The van der Waals surface area contributed by atoms with E-state index in [0.717, 1.165) is 7.57 Å². The maximum atomic E-state index is 11.8. The third-order valence-electron chi connectivity index (χ3n) is 1.55. The first-order valence-corrected chi connectivity index (χ1v) is 7.10. The van der Waals surface area contributed by atoms with Crippen LogP contribution < -0.4 is 5.32 Å². The van der Waals surface area contributed by atoms with Gasteiger partial charge in [0.25, 0.3) is 5.91 Å². The van der Waals surface area contributed by atoms with Crippen LogP contribution in [0.1, 0.15) is 10.4 Å². The van der Waals surface area contributed by atoms with Crippen molar-refractivity contribution in [1.29, 1.82) is 0 Å². The molecule has 0 spiro atoms. The predicted octanol–water partition coefficient (Wildman–Crippen LogP) is 3.98. The largest absolute Gasteiger partial charge is 0.298 e. The average molecular weight is 368 g/mol. The second-order valence-corrected chi connectivity index (χ2v) is 7.17. The fourth-order valence-corrected chi connectivity index (χ4v) is 4.26. The molecule has 0 atom stereocenters. The Kier molecular flexibility index (Phi) is 3.55. The summed E-state index contributed by atoms with van der Waals surface area (Å²) < 4.78 is 1.72. The van der Waals surface area contributed by atoms with Crippen molar-refractivity contribution in [2.75, 3.05) is 5.32 Å². The van der Waals surface area contributed by atoms with Crippen molar-refractivity contribution in [1.82, 2.24) is 4.98 Å². The van der Waals surface area contributed by atoms with Crippen molar-refractivity contribution < 1.29 is 4.79 Å². The minimum atomic E-state index is -0.154. The highest BCUT2D eigenvalue weighted by molar-refractivity contribution is 9.12. The molecule has 7 heteroatoms. The van der Waals surface area contributed by atoms with Crippen molar-refractivity contribution in [3.8, 4) is 0 Å². The Balaban J connectivity index is 2.18. The molecule has 2 rings (SSSR count). The zero-order valence-corrected chi connectivity index (χ0v) is 12.0. The van der Waals surface area contributed by atoms with E-state index in [4.69, 9.17) is 0 Å². The fraction of sp³-hybridized carbons (Fsp3) is 0. The first kappa shape index (κ1) is 11.3. The molecule has 0 aromatic carbocycles. The van der Waals surface area contributed by atoms with Crippen LogP contribution in [0.3, 0.4) is 0 Å². The number of nitrogens with zero attached hydrogens (tertiary/aromatic N) is 1. The SMILES string of the molecule is O=C(Nc1nccs1)c1cc(Br)sc1Br. The van der Waals surface area contributed by atoms with E-state index < -0.39 is 0 Å². The number of carbonyl (C=O) groups is 1. The molecule has 0 aliphatic carbocycles. The van der Waals surface area contributed by atoms with Crippen molar-refractivity contribution in [2.24, 2.45) is 0 Å². The van der Waals surface area contributed by atoms with E-state index >= 15 is 0 Å². The Morgan fingerprint density at radius 3 is 2.80 bits per heavy atom. The molecule has 1 amide bonds. The third-order valence-corrected chi connectivity index (χ3v) is 4.58. The van der Waals surface area contributed by atoms with Crippen LogP contribution in [0.15, 0.2) is 25.2 Å². The highest BCUT2D eigenvalue weighted by Crippen LogP contribution is 2.32. The van der Waals surface area contributed by atoms with Gasteiger partial charge in [0.15, 0.2) is 5.13 Å². The van der Waals surface area contributed by atoms with Gasteiger partial charge in [-0.1, -0.05) is 0 Å². The molecule has 0 radical (unpaired) electrons. The number of carbonyl (C=O) groups excluding carboxylic acids is 1. The number of nitrogens with one attached hydrogen (secondary N) is 1. The molecule has 1 N–H and O–H groups in total. The lowest BCUT2D eigenvalue weighted by Crippen LogP contribution is -2.10. The highest BCUT2D eigenvalue weighted by Gasteiger charge is 2.14. The number of rotatable bonds is 2. The van der Waals surface area contributed by atoms with E-state index in [9.17, 15) is 4.79 Å². The molecule has 2 heterocycles. The van der Waals surface area contributed by atoms with Crippen LogP contribution in [-0.4, -0.2) is 10.9 Å². The lowest BCUT2D eigenvalue weighted by atomic mass is 10.3. The van der Waals surface area contributed by atoms with Gasteiger partial charge in [-0.15, -0.1) is 22.7 Å². The van der Waals surface area contributed by atoms with Gasteiger partial charge >= 0.3 is 0 Å². The fourth-order valence-electron chi connectivity index (χ4n) is 0.945. The van der Waals surface area contributed by atoms with Crippen LogP contribution in [0.2, 0.25) is 0 Å². The number of halogens is 2. The maximum absolute atomic E-state index is 11.8. The number of hydrogen-bond acceptors (Lipinski definition) is 4. The Hall–Kier alpha value is -0.240. The van der Waals surface area contributed by atoms with Crippen LogP contribution in [0.25, 0.3) is 0 Å². The standard InChI is InChI=1S/C8H4Br2N2OS2/c9-5-3-4(6(10)15-5)7(13)12-8-11-1-2-14-8/h1-3H,(H,11,12,13). The van der Waals surface area contributed by atoms with Gasteiger partial charge in [-0.2, -0.15) is 0 Å². The number of anilines is 1. The summed E-state index contributed by atoms with van der Waals surface area (Å²) in [7, 11) is 0. The van der Waals surface area contributed by atoms with Crippen molar-refractivity contribution in [3.63, 3.8) is 0 Å². The molecule has 78 valence electrons. The monoisotopic (exact) mass is 366 g/mol. The van der Waals surface area contributed by atoms with Crippen molar-refractivity contribution >= 4 is 65.6 Å². The Morgan fingerprint density at radius 2 is 2.27 bits per heavy atom. The van der Waals surface area contributed by atoms with E-state index in [1.807, 2.05) is 5.38 Å². The van der Waals surface area contributed by atoms with Gasteiger partial charge in [-0.25, -0.2) is 4.98 Å². The molecule has 15 heavy (non-hydrogen) atoms. The molecule has 0 fully saturated rings. The maximum Gasteiger partial charge on any atom is 0.259 e. The second kappa shape index (κ2) is 4.73. The lowest BCUT2D eigenvalue weighted by Gasteiger charge is -1.98. The first-order valence-electron chi connectivity index (χ1n) is 3.82. The summed E-state index contributed by atoms with van der Waals surface area (Å²) in [6.45, 7) is 0. The number of amides is 1. The zero-order chi connectivity index (χ0) is 10.8. The molecular weight excluding hydrogens is 364 g/mol. The summed E-state index contributed by atoms with van der Waals surface area (Å²) in [5, 5.41) is 5.14. The molecule has 0 unspecified atom stereocenters. The molecular formula is C8H4Br2N2OS2. The van der Waals surface area contributed by atoms with Gasteiger partial charge in [-0.05, 0) is 37.9 Å². The number of thiazole rings is 1. The highest BCUT2D eigenvalue weighted by atomic mass is 79.9. The summed E-state index contributed by atoms with van der Waals surface area (Å²) in [5.41, 5.74) is 0.613. The summed E-state index contributed by atoms with van der Waals surface area (Å²) in [5.74, 6) is -0.154. The van der Waals surface area contributed by atoms with Gasteiger partial charge in [0, 0.05) is 11.6 Å². The van der Waals surface area contributed by atoms with Crippen LogP contribution in [0.4, 0.5) is 5.13 Å². The normalized spacial score (nSPS) is 10.3. The zero-order valence-electron chi connectivity index (χ0n) is 7.16. The molecule has 2 aromatic heterocycles. The van der Waals surface area contributed by atoms with Crippen molar-refractivity contribution in [2.45, 2.75) is 0 Å². The smallest absolute Gasteiger partial charge is 0.259 e. The Bertz CT molecular complexity index is 481. The summed E-state index contributed by atoms with van der Waals surface area (Å²) in [6.07, 6.45) is 1.65. The predicted molar refractivity (Wildman–Crippen MR) is 69.8 cm³/mol. The van der Waals surface area contributed by atoms with E-state index in [0.29, 0.717) is 10.7 Å². The molecule has 2 aromatic rings. The van der Waals surface area contributed by atoms with Crippen LogP contribution in [0.5, 0.6) is 0 Å². The number of hydrogen-bond donors (Lipinski definition) is 1. The van der Waals surface area contributed by atoms with Gasteiger partial charge in [0.1, 0.15) is 0 Å². The minimum Gasteiger partial charge on any atom is -0.298 e. The summed E-state index contributed by atoms with van der Waals surface area (Å²) in [4.78, 5) is 15.7. The molecule has 0 saturated carbocycles. The Morgan fingerprint density at radius 1 is 1.47 bits per heavy atom. The van der Waals surface area contributed by atoms with E-state index in [1.165, 1.54) is 22.7 Å². The van der Waals surface area contributed by atoms with Crippen LogP contribution in [-0.2, 0) is 0 Å². The lowest BCUT2D eigenvalue weighted by molar-refractivity contribution is 0.102. The van der Waals surface area contributed by atoms with E-state index in [-0.39, 0.29) is 5.91 Å². The number of aromatic nitrogens is 1. The van der Waals surface area contributed by atoms with Crippen LogP contribution in [0, 0.1) is 0 Å². The second-order valence-electron chi connectivity index (χ2n) is 2.53. The van der Waals surface area contributed by atoms with Gasteiger partial charge in [-0.3, -0.25) is 10.1 Å². The minimum absolute atomic E-state index is 0.154. The molecule has 0 aliphatic heterocycles. The summed E-state index contributed by atoms with van der Waals surface area (Å²) in [6, 6.07) is 1.78. The Labute approximate surface area is 111 Å². The van der Waals surface area contributed by atoms with Crippen LogP contribution >= 0.6 is 54.5 Å². The van der Waals surface area contributed by atoms with Gasteiger partial charge in [0.05, 0.1) is 13.1 Å². The average Bonchev–Trinajstić information content (AvgIpc) is 2.75. The molecule has 0 aliphatic rings. The van der Waals surface area contributed by atoms with Crippen molar-refractivity contribution in [3.05, 3.63) is 30.8 Å². The molecule has 3 nitrogen and oxygen atoms in total. The summed E-state index contributed by atoms with van der Waals surface area (Å²) >= 11 is 9.51. The van der Waals surface area contributed by atoms with Gasteiger partial charge in [0.2, 0.25) is 0 Å². The van der Waals surface area contributed by atoms with Gasteiger partial charge < -0.3 is 0 Å². The number of thiophene rings is 1. The molecule has 0 saturated heterocycles.